The minimum Gasteiger partial charge on any atom is -0.395 e. The van der Waals surface area contributed by atoms with Gasteiger partial charge < -0.3 is 15.3 Å². The van der Waals surface area contributed by atoms with Gasteiger partial charge in [-0.2, -0.15) is 0 Å². The van der Waals surface area contributed by atoms with Gasteiger partial charge in [-0.25, -0.2) is 0 Å². The van der Waals surface area contributed by atoms with Gasteiger partial charge in [0.2, 0.25) is 5.91 Å². The third kappa shape index (κ3) is 4.58. The lowest BCUT2D eigenvalue weighted by atomic mass is 10.1. The Bertz CT molecular complexity index is 405. The molecular weight excluding hydrogens is 254 g/mol. The molecule has 1 fully saturated rings. The first-order chi connectivity index (χ1) is 9.79. The summed E-state index contributed by atoms with van der Waals surface area (Å²) in [6.45, 7) is 2.16. The number of hydrogen-bond donors (Lipinski definition) is 2. The largest absolute Gasteiger partial charge is 0.395 e. The lowest BCUT2D eigenvalue weighted by Gasteiger charge is -2.25. The fourth-order valence-corrected chi connectivity index (χ4v) is 2.56. The third-order valence-electron chi connectivity index (χ3n) is 3.65. The van der Waals surface area contributed by atoms with E-state index in [0.29, 0.717) is 32.0 Å². The van der Waals surface area contributed by atoms with Crippen molar-refractivity contribution in [1.82, 2.24) is 15.2 Å². The highest BCUT2D eigenvalue weighted by Crippen LogP contribution is 2.09. The molecule has 1 saturated heterocycles. The van der Waals surface area contributed by atoms with Crippen LogP contribution < -0.4 is 5.32 Å². The fraction of sp³-hybridized carbons (Fsp3) is 0.600. The monoisotopic (exact) mass is 277 g/mol. The lowest BCUT2D eigenvalue weighted by Crippen LogP contribution is -2.42. The topological polar surface area (TPSA) is 65.5 Å². The molecule has 2 N–H and O–H groups in total. The number of nitrogens with zero attached hydrogens (tertiary/aromatic N) is 2. The number of amides is 1. The number of aliphatic hydroxyl groups is 1. The van der Waals surface area contributed by atoms with E-state index in [0.717, 1.165) is 18.7 Å². The smallest absolute Gasteiger partial charge is 0.223 e. The standard InChI is InChI=1S/C15H23N3O2/c19-11-10-18(12-14-5-3-9-17-14)15(20)7-6-13-4-1-2-8-16-13/h1-2,4,8,14,17,19H,3,5-7,9-12H2. The summed E-state index contributed by atoms with van der Waals surface area (Å²) in [6.07, 6.45) is 5.12. The maximum absolute atomic E-state index is 12.3. The Hall–Kier alpha value is -1.46. The van der Waals surface area contributed by atoms with E-state index in [-0.39, 0.29) is 12.5 Å². The van der Waals surface area contributed by atoms with Gasteiger partial charge in [-0.3, -0.25) is 9.78 Å². The third-order valence-corrected chi connectivity index (χ3v) is 3.65. The van der Waals surface area contributed by atoms with E-state index in [1.54, 1.807) is 11.1 Å². The fourth-order valence-electron chi connectivity index (χ4n) is 2.56. The maximum Gasteiger partial charge on any atom is 0.223 e. The average molecular weight is 277 g/mol. The molecule has 2 heterocycles. The van der Waals surface area contributed by atoms with Crippen LogP contribution in [0.2, 0.25) is 0 Å². The van der Waals surface area contributed by atoms with Crippen LogP contribution in [0, 0.1) is 0 Å². The molecule has 1 atom stereocenters. The van der Waals surface area contributed by atoms with Crippen molar-refractivity contribution >= 4 is 5.91 Å². The zero-order valence-corrected chi connectivity index (χ0v) is 11.8. The van der Waals surface area contributed by atoms with Gasteiger partial charge >= 0.3 is 0 Å². The molecule has 0 radical (unpaired) electrons. The van der Waals surface area contributed by atoms with Gasteiger partial charge in [-0.15, -0.1) is 0 Å². The van der Waals surface area contributed by atoms with Gasteiger partial charge in [-0.1, -0.05) is 6.07 Å². The van der Waals surface area contributed by atoms with E-state index in [1.165, 1.54) is 6.42 Å². The zero-order chi connectivity index (χ0) is 14.2. The van der Waals surface area contributed by atoms with Crippen LogP contribution in [-0.4, -0.2) is 53.2 Å². The number of pyridine rings is 1. The van der Waals surface area contributed by atoms with Crippen molar-refractivity contribution in [2.75, 3.05) is 26.2 Å². The predicted octanol–water partition coefficient (Wildman–Crippen LogP) is 0.587. The average Bonchev–Trinajstić information content (AvgIpc) is 2.98. The van der Waals surface area contributed by atoms with Gasteiger partial charge in [0, 0.05) is 37.4 Å². The molecule has 1 aliphatic heterocycles. The van der Waals surface area contributed by atoms with E-state index in [4.69, 9.17) is 5.11 Å². The molecule has 1 unspecified atom stereocenters. The Morgan fingerprint density at radius 3 is 3.05 bits per heavy atom. The van der Waals surface area contributed by atoms with Crippen molar-refractivity contribution in [2.45, 2.75) is 31.7 Å². The first-order valence-corrected chi connectivity index (χ1v) is 7.31. The molecule has 5 nitrogen and oxygen atoms in total. The summed E-state index contributed by atoms with van der Waals surface area (Å²) in [5.74, 6) is 0.0957. The van der Waals surface area contributed by atoms with E-state index in [9.17, 15) is 4.79 Å². The van der Waals surface area contributed by atoms with Crippen molar-refractivity contribution in [3.8, 4) is 0 Å². The molecule has 1 aromatic rings. The van der Waals surface area contributed by atoms with Gasteiger partial charge in [0.05, 0.1) is 6.61 Å². The molecule has 5 heteroatoms. The molecule has 110 valence electrons. The number of aromatic nitrogens is 1. The second-order valence-corrected chi connectivity index (χ2v) is 5.18. The number of rotatable bonds is 7. The molecule has 0 aromatic carbocycles. The van der Waals surface area contributed by atoms with Crippen LogP contribution in [0.25, 0.3) is 0 Å². The van der Waals surface area contributed by atoms with Crippen LogP contribution >= 0.6 is 0 Å². The minimum absolute atomic E-state index is 0.0159. The number of nitrogens with one attached hydrogen (secondary N) is 1. The minimum atomic E-state index is 0.0159. The molecule has 0 bridgehead atoms. The van der Waals surface area contributed by atoms with Gasteiger partial charge in [0.25, 0.3) is 0 Å². The van der Waals surface area contributed by atoms with Gasteiger partial charge in [0.15, 0.2) is 0 Å². The molecule has 0 aliphatic carbocycles. The first-order valence-electron chi connectivity index (χ1n) is 7.31. The van der Waals surface area contributed by atoms with E-state index in [2.05, 4.69) is 10.3 Å². The number of carbonyl (C=O) groups excluding carboxylic acids is 1. The van der Waals surface area contributed by atoms with Gasteiger partial charge in [0.1, 0.15) is 0 Å². The normalized spacial score (nSPS) is 18.1. The number of aliphatic hydroxyl groups excluding tert-OH is 1. The van der Waals surface area contributed by atoms with Crippen LogP contribution in [0.1, 0.15) is 25.0 Å². The Morgan fingerprint density at radius 2 is 2.40 bits per heavy atom. The summed E-state index contributed by atoms with van der Waals surface area (Å²) in [4.78, 5) is 18.3. The number of carbonyl (C=O) groups is 1. The van der Waals surface area contributed by atoms with Crippen LogP contribution in [0.3, 0.4) is 0 Å². The number of aryl methyl sites for hydroxylation is 1. The van der Waals surface area contributed by atoms with Crippen molar-refractivity contribution in [1.29, 1.82) is 0 Å². The molecule has 0 saturated carbocycles. The Labute approximate surface area is 120 Å². The summed E-state index contributed by atoms with van der Waals surface area (Å²) >= 11 is 0. The van der Waals surface area contributed by atoms with Crippen LogP contribution in [0.4, 0.5) is 0 Å². The molecule has 1 aromatic heterocycles. The highest BCUT2D eigenvalue weighted by atomic mass is 16.3. The quantitative estimate of drug-likeness (QED) is 0.765. The van der Waals surface area contributed by atoms with Crippen molar-refractivity contribution in [3.63, 3.8) is 0 Å². The summed E-state index contributed by atoms with van der Waals surface area (Å²) in [5.41, 5.74) is 0.934. The Balaban J connectivity index is 1.82. The summed E-state index contributed by atoms with van der Waals surface area (Å²) in [5, 5.41) is 12.5. The Morgan fingerprint density at radius 1 is 1.50 bits per heavy atom. The predicted molar refractivity (Wildman–Crippen MR) is 77.2 cm³/mol. The molecule has 20 heavy (non-hydrogen) atoms. The molecular formula is C15H23N3O2. The summed E-state index contributed by atoms with van der Waals surface area (Å²) in [7, 11) is 0. The second-order valence-electron chi connectivity index (χ2n) is 5.18. The van der Waals surface area contributed by atoms with Crippen LogP contribution in [0.15, 0.2) is 24.4 Å². The van der Waals surface area contributed by atoms with Crippen LogP contribution in [0.5, 0.6) is 0 Å². The molecule has 1 amide bonds. The SMILES string of the molecule is O=C(CCc1ccccn1)N(CCO)CC1CCCN1. The number of hydrogen-bond acceptors (Lipinski definition) is 4. The van der Waals surface area contributed by atoms with Crippen molar-refractivity contribution < 1.29 is 9.90 Å². The maximum atomic E-state index is 12.3. The summed E-state index contributed by atoms with van der Waals surface area (Å²) < 4.78 is 0. The summed E-state index contributed by atoms with van der Waals surface area (Å²) in [6, 6.07) is 6.11. The highest BCUT2D eigenvalue weighted by Gasteiger charge is 2.20. The van der Waals surface area contributed by atoms with E-state index < -0.39 is 0 Å². The Kier molecular flexibility index (Phi) is 5.95. The van der Waals surface area contributed by atoms with Crippen molar-refractivity contribution in [2.24, 2.45) is 0 Å². The molecule has 2 rings (SSSR count). The first kappa shape index (κ1) is 14.9. The molecule has 0 spiro atoms. The van der Waals surface area contributed by atoms with Gasteiger partial charge in [-0.05, 0) is 37.9 Å². The zero-order valence-electron chi connectivity index (χ0n) is 11.8. The lowest BCUT2D eigenvalue weighted by molar-refractivity contribution is -0.132. The van der Waals surface area contributed by atoms with Crippen LogP contribution in [-0.2, 0) is 11.2 Å². The van der Waals surface area contributed by atoms with E-state index >= 15 is 0 Å². The second kappa shape index (κ2) is 7.97. The van der Waals surface area contributed by atoms with E-state index in [1.807, 2.05) is 18.2 Å². The highest BCUT2D eigenvalue weighted by molar-refractivity contribution is 5.76. The van der Waals surface area contributed by atoms with Crippen molar-refractivity contribution in [3.05, 3.63) is 30.1 Å². The molecule has 1 aliphatic rings.